The summed E-state index contributed by atoms with van der Waals surface area (Å²) in [6, 6.07) is 4.84. The van der Waals surface area contributed by atoms with E-state index in [1.54, 1.807) is 18.2 Å². The molecular weight excluding hydrogens is 308 g/mol. The molecular formula is C18H26N2O4. The lowest BCUT2D eigenvalue weighted by atomic mass is 9.86. The molecule has 0 aliphatic heterocycles. The number of amides is 2. The van der Waals surface area contributed by atoms with Crippen LogP contribution in [0.4, 0.5) is 0 Å². The van der Waals surface area contributed by atoms with Crippen LogP contribution in [0.3, 0.4) is 0 Å². The van der Waals surface area contributed by atoms with Gasteiger partial charge in [0.05, 0.1) is 14.2 Å². The van der Waals surface area contributed by atoms with Gasteiger partial charge in [0.15, 0.2) is 11.5 Å². The Morgan fingerprint density at radius 3 is 2.42 bits per heavy atom. The minimum absolute atomic E-state index is 0.158. The van der Waals surface area contributed by atoms with E-state index in [4.69, 9.17) is 9.47 Å². The third-order valence-electron chi connectivity index (χ3n) is 4.47. The van der Waals surface area contributed by atoms with Crippen LogP contribution >= 0.6 is 0 Å². The van der Waals surface area contributed by atoms with Gasteiger partial charge in [-0.3, -0.25) is 20.4 Å². The number of benzene rings is 1. The quantitative estimate of drug-likeness (QED) is 0.784. The van der Waals surface area contributed by atoms with E-state index >= 15 is 0 Å². The van der Waals surface area contributed by atoms with E-state index in [1.165, 1.54) is 46.3 Å². The second-order valence-electron chi connectivity index (χ2n) is 6.11. The number of hydrogen-bond acceptors (Lipinski definition) is 4. The smallest absolute Gasteiger partial charge is 0.269 e. The summed E-state index contributed by atoms with van der Waals surface area (Å²) in [7, 11) is 3.04. The second-order valence-corrected chi connectivity index (χ2v) is 6.11. The first-order valence-electron chi connectivity index (χ1n) is 8.45. The van der Waals surface area contributed by atoms with Gasteiger partial charge in [-0.15, -0.1) is 0 Å². The molecule has 0 radical (unpaired) electrons. The van der Waals surface area contributed by atoms with Crippen LogP contribution in [-0.2, 0) is 4.79 Å². The lowest BCUT2D eigenvalue weighted by molar-refractivity contribution is -0.122. The highest BCUT2D eigenvalue weighted by Gasteiger charge is 2.15. The molecule has 24 heavy (non-hydrogen) atoms. The second kappa shape index (κ2) is 9.15. The SMILES string of the molecule is COc1ccc(C(=O)NNC(=O)CCC2CCCCC2)cc1OC. The van der Waals surface area contributed by atoms with Gasteiger partial charge >= 0.3 is 0 Å². The van der Waals surface area contributed by atoms with Crippen molar-refractivity contribution >= 4 is 11.8 Å². The maximum Gasteiger partial charge on any atom is 0.269 e. The third kappa shape index (κ3) is 5.15. The van der Waals surface area contributed by atoms with Crippen molar-refractivity contribution in [3.8, 4) is 11.5 Å². The highest BCUT2D eigenvalue weighted by molar-refractivity contribution is 5.96. The molecule has 0 unspecified atom stereocenters. The van der Waals surface area contributed by atoms with Gasteiger partial charge < -0.3 is 9.47 Å². The number of hydrazine groups is 1. The summed E-state index contributed by atoms with van der Waals surface area (Å²) < 4.78 is 10.3. The van der Waals surface area contributed by atoms with Crippen LogP contribution in [0, 0.1) is 5.92 Å². The fourth-order valence-corrected chi connectivity index (χ4v) is 3.05. The molecule has 1 aliphatic carbocycles. The molecule has 1 fully saturated rings. The normalized spacial score (nSPS) is 14.8. The van der Waals surface area contributed by atoms with Crippen molar-refractivity contribution in [3.05, 3.63) is 23.8 Å². The topological polar surface area (TPSA) is 76.7 Å². The molecule has 2 amide bonds. The van der Waals surface area contributed by atoms with Gasteiger partial charge in [0.25, 0.3) is 5.91 Å². The van der Waals surface area contributed by atoms with Crippen LogP contribution in [0.5, 0.6) is 11.5 Å². The largest absolute Gasteiger partial charge is 0.493 e. The predicted molar refractivity (Wildman–Crippen MR) is 91.0 cm³/mol. The first kappa shape index (κ1) is 18.1. The fraction of sp³-hybridized carbons (Fsp3) is 0.556. The average Bonchev–Trinajstić information content (AvgIpc) is 2.64. The van der Waals surface area contributed by atoms with Gasteiger partial charge in [-0.1, -0.05) is 32.1 Å². The molecule has 1 saturated carbocycles. The summed E-state index contributed by atoms with van der Waals surface area (Å²) in [6.45, 7) is 0. The molecule has 0 spiro atoms. The number of rotatable bonds is 6. The molecule has 1 aromatic carbocycles. The van der Waals surface area contributed by atoms with Crippen LogP contribution < -0.4 is 20.3 Å². The van der Waals surface area contributed by atoms with Crippen molar-refractivity contribution in [3.63, 3.8) is 0 Å². The number of carbonyl (C=O) groups is 2. The number of nitrogens with one attached hydrogen (secondary N) is 2. The zero-order valence-electron chi connectivity index (χ0n) is 14.4. The van der Waals surface area contributed by atoms with Gasteiger partial charge in [0.2, 0.25) is 5.91 Å². The Hall–Kier alpha value is -2.24. The molecule has 0 atom stereocenters. The number of hydrogen-bond donors (Lipinski definition) is 2. The van der Waals surface area contributed by atoms with Crippen molar-refractivity contribution in [2.45, 2.75) is 44.9 Å². The van der Waals surface area contributed by atoms with Crippen molar-refractivity contribution in [2.75, 3.05) is 14.2 Å². The van der Waals surface area contributed by atoms with Gasteiger partial charge in [0, 0.05) is 12.0 Å². The summed E-state index contributed by atoms with van der Waals surface area (Å²) in [5, 5.41) is 0. The summed E-state index contributed by atoms with van der Waals surface area (Å²) >= 11 is 0. The Labute approximate surface area is 142 Å². The Balaban J connectivity index is 1.78. The Kier molecular flexibility index (Phi) is 6.90. The molecule has 2 rings (SSSR count). The molecule has 0 heterocycles. The average molecular weight is 334 g/mol. The van der Waals surface area contributed by atoms with Gasteiger partial charge in [-0.2, -0.15) is 0 Å². The van der Waals surface area contributed by atoms with Gasteiger partial charge in [0.1, 0.15) is 0 Å². The zero-order valence-corrected chi connectivity index (χ0v) is 14.4. The fourth-order valence-electron chi connectivity index (χ4n) is 3.05. The monoisotopic (exact) mass is 334 g/mol. The highest BCUT2D eigenvalue weighted by Crippen LogP contribution is 2.28. The lowest BCUT2D eigenvalue weighted by Gasteiger charge is -2.21. The van der Waals surface area contributed by atoms with E-state index in [2.05, 4.69) is 10.9 Å². The summed E-state index contributed by atoms with van der Waals surface area (Å²) in [5.74, 6) is 1.11. The summed E-state index contributed by atoms with van der Waals surface area (Å²) in [5.41, 5.74) is 5.31. The summed E-state index contributed by atoms with van der Waals surface area (Å²) in [4.78, 5) is 24.0. The minimum atomic E-state index is -0.387. The molecule has 0 saturated heterocycles. The molecule has 6 heteroatoms. The molecule has 1 aromatic rings. The van der Waals surface area contributed by atoms with Crippen LogP contribution in [0.2, 0.25) is 0 Å². The van der Waals surface area contributed by atoms with Crippen LogP contribution in [-0.4, -0.2) is 26.0 Å². The lowest BCUT2D eigenvalue weighted by Crippen LogP contribution is -2.41. The molecule has 2 N–H and O–H groups in total. The number of methoxy groups -OCH3 is 2. The zero-order chi connectivity index (χ0) is 17.4. The van der Waals surface area contributed by atoms with Gasteiger partial charge in [-0.05, 0) is 30.5 Å². The van der Waals surface area contributed by atoms with Crippen molar-refractivity contribution in [2.24, 2.45) is 5.92 Å². The maximum absolute atomic E-state index is 12.1. The molecule has 1 aliphatic rings. The van der Waals surface area contributed by atoms with E-state index in [0.29, 0.717) is 29.4 Å². The molecule has 0 bridgehead atoms. The Morgan fingerprint density at radius 1 is 1.04 bits per heavy atom. The van der Waals surface area contributed by atoms with E-state index in [0.717, 1.165) is 6.42 Å². The van der Waals surface area contributed by atoms with Crippen molar-refractivity contribution in [1.82, 2.24) is 10.9 Å². The Bertz CT molecular complexity index is 568. The van der Waals surface area contributed by atoms with Crippen molar-refractivity contribution in [1.29, 1.82) is 0 Å². The van der Waals surface area contributed by atoms with E-state index < -0.39 is 0 Å². The predicted octanol–water partition coefficient (Wildman–Crippen LogP) is 2.83. The highest BCUT2D eigenvalue weighted by atomic mass is 16.5. The Morgan fingerprint density at radius 2 is 1.75 bits per heavy atom. The molecule has 6 nitrogen and oxygen atoms in total. The molecule has 0 aromatic heterocycles. The van der Waals surface area contributed by atoms with Crippen LogP contribution in [0.15, 0.2) is 18.2 Å². The molecule has 132 valence electrons. The first-order valence-corrected chi connectivity index (χ1v) is 8.45. The third-order valence-corrected chi connectivity index (χ3v) is 4.47. The van der Waals surface area contributed by atoms with E-state index in [9.17, 15) is 9.59 Å². The van der Waals surface area contributed by atoms with Crippen LogP contribution in [0.25, 0.3) is 0 Å². The van der Waals surface area contributed by atoms with Gasteiger partial charge in [-0.25, -0.2) is 0 Å². The standard InChI is InChI=1S/C18H26N2O4/c1-23-15-10-9-14(12-16(15)24-2)18(22)20-19-17(21)11-8-13-6-4-3-5-7-13/h9-10,12-13H,3-8,11H2,1-2H3,(H,19,21)(H,20,22). The summed E-state index contributed by atoms with van der Waals surface area (Å²) in [6.07, 6.45) is 7.60. The van der Waals surface area contributed by atoms with E-state index in [1.807, 2.05) is 0 Å². The maximum atomic E-state index is 12.1. The number of ether oxygens (including phenoxy) is 2. The van der Waals surface area contributed by atoms with Crippen LogP contribution in [0.1, 0.15) is 55.3 Å². The first-order chi connectivity index (χ1) is 11.6. The minimum Gasteiger partial charge on any atom is -0.493 e. The number of carbonyl (C=O) groups excluding carboxylic acids is 2. The van der Waals surface area contributed by atoms with Crippen molar-refractivity contribution < 1.29 is 19.1 Å². The van der Waals surface area contributed by atoms with E-state index in [-0.39, 0.29) is 11.8 Å².